The Bertz CT molecular complexity index is 1030. The van der Waals surface area contributed by atoms with Gasteiger partial charge in [-0.3, -0.25) is 14.5 Å². The number of carbonyl (C=O) groups is 2. The molecule has 3 N–H and O–H groups in total. The van der Waals surface area contributed by atoms with E-state index in [1.807, 2.05) is 31.7 Å². The van der Waals surface area contributed by atoms with Crippen LogP contribution in [0.15, 0.2) is 42.6 Å². The van der Waals surface area contributed by atoms with Crippen LogP contribution in [0, 0.1) is 5.41 Å². The van der Waals surface area contributed by atoms with Crippen LogP contribution in [0.5, 0.6) is 0 Å². The molecule has 182 valence electrons. The number of nitrogens with zero attached hydrogens (tertiary/aromatic N) is 3. The van der Waals surface area contributed by atoms with Crippen molar-refractivity contribution in [2.24, 2.45) is 5.41 Å². The van der Waals surface area contributed by atoms with Crippen LogP contribution in [0.2, 0.25) is 0 Å². The van der Waals surface area contributed by atoms with E-state index < -0.39 is 6.10 Å². The number of amides is 2. The highest BCUT2D eigenvalue weighted by atomic mass is 16.3. The lowest BCUT2D eigenvalue weighted by Crippen LogP contribution is -2.59. The molecule has 8 heteroatoms. The van der Waals surface area contributed by atoms with Crippen LogP contribution in [0.3, 0.4) is 0 Å². The van der Waals surface area contributed by atoms with E-state index in [9.17, 15) is 14.7 Å². The van der Waals surface area contributed by atoms with Crippen molar-refractivity contribution < 1.29 is 14.7 Å². The number of likely N-dealkylation sites (tertiary alicyclic amines) is 1. The van der Waals surface area contributed by atoms with Gasteiger partial charge in [-0.1, -0.05) is 45.0 Å². The summed E-state index contributed by atoms with van der Waals surface area (Å²) in [6, 6.07) is 11.9. The molecule has 3 heterocycles. The maximum atomic E-state index is 12.6. The summed E-state index contributed by atoms with van der Waals surface area (Å²) in [5, 5.41) is 16.6. The molecule has 2 aliphatic rings. The number of fused-ring (bicyclic) bond motifs is 1. The molecule has 2 aromatic rings. The number of anilines is 1. The average molecular weight is 466 g/mol. The number of hydrogen-bond donors (Lipinski definition) is 3. The lowest BCUT2D eigenvalue weighted by molar-refractivity contribution is -0.143. The zero-order valence-electron chi connectivity index (χ0n) is 20.3. The SMILES string of the molecule is CC(C)(C)C(=O)N1CC(Nc2cc(C(=O)NC[C@H](O)CN3CCc4ccccc4C3)ccn2)C1. The van der Waals surface area contributed by atoms with Crippen LogP contribution in [0.25, 0.3) is 0 Å². The van der Waals surface area contributed by atoms with Gasteiger partial charge < -0.3 is 20.6 Å². The van der Waals surface area contributed by atoms with E-state index in [0.717, 1.165) is 19.5 Å². The quantitative estimate of drug-likeness (QED) is 0.578. The Morgan fingerprint density at radius 2 is 1.91 bits per heavy atom. The van der Waals surface area contributed by atoms with E-state index in [4.69, 9.17) is 0 Å². The van der Waals surface area contributed by atoms with Gasteiger partial charge in [0.15, 0.2) is 0 Å². The number of carbonyl (C=O) groups excluding carboxylic acids is 2. The molecule has 0 spiro atoms. The first-order valence-electron chi connectivity index (χ1n) is 12.0. The van der Waals surface area contributed by atoms with Crippen LogP contribution in [0.1, 0.15) is 42.3 Å². The first kappa shape index (κ1) is 24.2. The zero-order chi connectivity index (χ0) is 24.3. The van der Waals surface area contributed by atoms with Gasteiger partial charge in [0.05, 0.1) is 12.1 Å². The van der Waals surface area contributed by atoms with Gasteiger partial charge in [-0.15, -0.1) is 0 Å². The van der Waals surface area contributed by atoms with E-state index >= 15 is 0 Å². The van der Waals surface area contributed by atoms with Crippen LogP contribution < -0.4 is 10.6 Å². The molecule has 2 amide bonds. The maximum absolute atomic E-state index is 12.6. The minimum absolute atomic E-state index is 0.119. The lowest BCUT2D eigenvalue weighted by Gasteiger charge is -2.42. The molecule has 0 unspecified atom stereocenters. The predicted molar refractivity (Wildman–Crippen MR) is 131 cm³/mol. The van der Waals surface area contributed by atoms with Gasteiger partial charge in [0, 0.05) is 56.4 Å². The highest BCUT2D eigenvalue weighted by Crippen LogP contribution is 2.23. The number of nitrogens with one attached hydrogen (secondary N) is 2. The summed E-state index contributed by atoms with van der Waals surface area (Å²) in [4.78, 5) is 33.3. The molecule has 1 aromatic heterocycles. The van der Waals surface area contributed by atoms with E-state index in [2.05, 4.69) is 38.7 Å². The number of aromatic nitrogens is 1. The summed E-state index contributed by atoms with van der Waals surface area (Å²) in [5.74, 6) is 0.499. The molecule has 1 atom stereocenters. The lowest BCUT2D eigenvalue weighted by atomic mass is 9.92. The molecular weight excluding hydrogens is 430 g/mol. The van der Waals surface area contributed by atoms with Crippen molar-refractivity contribution in [3.63, 3.8) is 0 Å². The largest absolute Gasteiger partial charge is 0.390 e. The van der Waals surface area contributed by atoms with Gasteiger partial charge >= 0.3 is 0 Å². The van der Waals surface area contributed by atoms with E-state index in [1.54, 1.807) is 18.3 Å². The number of rotatable bonds is 7. The van der Waals surface area contributed by atoms with Gasteiger partial charge in [-0.05, 0) is 29.7 Å². The molecule has 0 saturated carbocycles. The maximum Gasteiger partial charge on any atom is 0.251 e. The van der Waals surface area contributed by atoms with Gasteiger partial charge in [0.2, 0.25) is 5.91 Å². The third kappa shape index (κ3) is 5.93. The van der Waals surface area contributed by atoms with E-state index in [-0.39, 0.29) is 29.8 Å². The third-order valence-electron chi connectivity index (χ3n) is 6.36. The fraction of sp³-hybridized carbons (Fsp3) is 0.500. The Hall–Kier alpha value is -2.97. The predicted octanol–water partition coefficient (Wildman–Crippen LogP) is 1.90. The Balaban J connectivity index is 1.22. The molecule has 0 aliphatic carbocycles. The summed E-state index contributed by atoms with van der Waals surface area (Å²) in [7, 11) is 0. The Labute approximate surface area is 201 Å². The van der Waals surface area contributed by atoms with Crippen LogP contribution >= 0.6 is 0 Å². The number of benzene rings is 1. The van der Waals surface area contributed by atoms with Crippen molar-refractivity contribution in [1.82, 2.24) is 20.1 Å². The summed E-state index contributed by atoms with van der Waals surface area (Å²) in [6.45, 7) is 9.44. The summed E-state index contributed by atoms with van der Waals surface area (Å²) in [6.07, 6.45) is 1.93. The molecule has 1 fully saturated rings. The number of aliphatic hydroxyl groups excluding tert-OH is 1. The van der Waals surface area contributed by atoms with Crippen LogP contribution in [0.4, 0.5) is 5.82 Å². The fourth-order valence-electron chi connectivity index (χ4n) is 4.46. The highest BCUT2D eigenvalue weighted by molar-refractivity contribution is 5.94. The Morgan fingerprint density at radius 1 is 1.18 bits per heavy atom. The standard InChI is InChI=1S/C26H35N5O3/c1-26(2,3)25(34)31-15-21(16-31)29-23-12-19(8-10-27-23)24(33)28-13-22(32)17-30-11-9-18-6-4-5-7-20(18)14-30/h4-8,10,12,21-22,32H,9,11,13-17H2,1-3H3,(H,27,29)(H,28,33)/t22-/m0/s1. The minimum atomic E-state index is -0.644. The van der Waals surface area contributed by atoms with E-state index in [0.29, 0.717) is 31.0 Å². The van der Waals surface area contributed by atoms with Gasteiger partial charge in [0.1, 0.15) is 5.82 Å². The van der Waals surface area contributed by atoms with Crippen molar-refractivity contribution in [3.8, 4) is 0 Å². The minimum Gasteiger partial charge on any atom is -0.390 e. The Morgan fingerprint density at radius 3 is 2.65 bits per heavy atom. The first-order chi connectivity index (χ1) is 16.2. The monoisotopic (exact) mass is 465 g/mol. The molecule has 0 radical (unpaired) electrons. The molecule has 8 nitrogen and oxygen atoms in total. The smallest absolute Gasteiger partial charge is 0.251 e. The number of pyridine rings is 1. The fourth-order valence-corrected chi connectivity index (χ4v) is 4.46. The van der Waals surface area contributed by atoms with Crippen molar-refractivity contribution in [3.05, 3.63) is 59.3 Å². The number of hydrogen-bond acceptors (Lipinski definition) is 6. The second kappa shape index (κ2) is 10.1. The van der Waals surface area contributed by atoms with Gasteiger partial charge in [0.25, 0.3) is 5.91 Å². The Kier molecular flexibility index (Phi) is 7.19. The van der Waals surface area contributed by atoms with Crippen LogP contribution in [-0.4, -0.2) is 76.6 Å². The molecule has 1 saturated heterocycles. The van der Waals surface area contributed by atoms with Crippen molar-refractivity contribution >= 4 is 17.6 Å². The molecular formula is C26H35N5O3. The highest BCUT2D eigenvalue weighted by Gasteiger charge is 2.36. The van der Waals surface area contributed by atoms with Gasteiger partial charge in [-0.2, -0.15) is 0 Å². The number of aliphatic hydroxyl groups is 1. The summed E-state index contributed by atoms with van der Waals surface area (Å²) >= 11 is 0. The second-order valence-corrected chi connectivity index (χ2v) is 10.3. The van der Waals surface area contributed by atoms with Crippen molar-refractivity contribution in [1.29, 1.82) is 0 Å². The van der Waals surface area contributed by atoms with Crippen molar-refractivity contribution in [2.75, 3.05) is 38.0 Å². The molecule has 4 rings (SSSR count). The number of β-amino-alcohol motifs (C(OH)–C–C–N with tert-alkyl or cyclic N) is 1. The van der Waals surface area contributed by atoms with Gasteiger partial charge in [-0.25, -0.2) is 4.98 Å². The normalized spacial score (nSPS) is 17.5. The summed E-state index contributed by atoms with van der Waals surface area (Å²) in [5.41, 5.74) is 2.78. The second-order valence-electron chi connectivity index (χ2n) is 10.3. The van der Waals surface area contributed by atoms with Crippen LogP contribution in [-0.2, 0) is 17.8 Å². The summed E-state index contributed by atoms with van der Waals surface area (Å²) < 4.78 is 0. The zero-order valence-corrected chi connectivity index (χ0v) is 20.3. The van der Waals surface area contributed by atoms with E-state index in [1.165, 1.54) is 11.1 Å². The molecule has 1 aromatic carbocycles. The third-order valence-corrected chi connectivity index (χ3v) is 6.36. The molecule has 2 aliphatic heterocycles. The topological polar surface area (TPSA) is 97.8 Å². The van der Waals surface area contributed by atoms with Crippen molar-refractivity contribution in [2.45, 2.75) is 45.9 Å². The molecule has 34 heavy (non-hydrogen) atoms. The first-order valence-corrected chi connectivity index (χ1v) is 12.0. The molecule has 0 bridgehead atoms. The average Bonchev–Trinajstić information content (AvgIpc) is 2.78.